The van der Waals surface area contributed by atoms with Gasteiger partial charge >= 0.3 is 5.97 Å². The molecule has 0 radical (unpaired) electrons. The zero-order valence-electron chi connectivity index (χ0n) is 22.6. The maximum Gasteiger partial charge on any atom is 0.325 e. The van der Waals surface area contributed by atoms with Crippen molar-refractivity contribution in [2.24, 2.45) is 0 Å². The van der Waals surface area contributed by atoms with Gasteiger partial charge in [-0.1, -0.05) is 11.6 Å². The molecule has 2 aliphatic heterocycles. The van der Waals surface area contributed by atoms with Crippen molar-refractivity contribution >= 4 is 61.6 Å². The van der Waals surface area contributed by atoms with E-state index in [0.29, 0.717) is 33.9 Å². The standard InChI is InChI=1S/C26H31ClN6O6S2/c1-3-39-24(35)13-29-22(34)11-18-14-32(41(37,38)23-10-16-9-17(27)4-5-19(16)30-23)6-7-33(18)26(36)25-31-20-8-15(2)28-12-21(20)40-25/h4-5,9-10,15,18,28,30H,3,6-8,11-14H2,1-2H3,(H,29,34). The van der Waals surface area contributed by atoms with Gasteiger partial charge in [0.1, 0.15) is 11.6 Å². The quantitative estimate of drug-likeness (QED) is 0.322. The van der Waals surface area contributed by atoms with E-state index in [2.05, 4.69) is 27.5 Å². The molecule has 12 nitrogen and oxygen atoms in total. The van der Waals surface area contributed by atoms with Crippen LogP contribution in [-0.4, -0.2) is 90.2 Å². The molecule has 41 heavy (non-hydrogen) atoms. The Kier molecular flexibility index (Phi) is 8.66. The number of piperazine rings is 1. The molecule has 0 aliphatic carbocycles. The number of halogens is 1. The molecule has 1 fully saturated rings. The number of carbonyl (C=O) groups excluding carboxylic acids is 3. The molecule has 2 amide bonds. The van der Waals surface area contributed by atoms with Crippen LogP contribution in [0.3, 0.4) is 0 Å². The molecule has 3 aromatic rings. The maximum atomic E-state index is 13.7. The Morgan fingerprint density at radius 2 is 2.05 bits per heavy atom. The van der Waals surface area contributed by atoms with Gasteiger partial charge in [-0.2, -0.15) is 4.31 Å². The van der Waals surface area contributed by atoms with Gasteiger partial charge in [0, 0.05) is 65.9 Å². The van der Waals surface area contributed by atoms with Gasteiger partial charge in [-0.15, -0.1) is 11.3 Å². The monoisotopic (exact) mass is 622 g/mol. The van der Waals surface area contributed by atoms with E-state index in [1.54, 1.807) is 25.1 Å². The molecular weight excluding hydrogens is 592 g/mol. The molecule has 2 atom stereocenters. The lowest BCUT2D eigenvalue weighted by atomic mass is 10.1. The van der Waals surface area contributed by atoms with E-state index < -0.39 is 27.9 Å². The lowest BCUT2D eigenvalue weighted by Gasteiger charge is -2.40. The topological polar surface area (TPSA) is 154 Å². The van der Waals surface area contributed by atoms with E-state index >= 15 is 0 Å². The number of esters is 1. The highest BCUT2D eigenvalue weighted by molar-refractivity contribution is 7.89. The molecule has 2 unspecified atom stereocenters. The molecule has 2 aliphatic rings. The summed E-state index contributed by atoms with van der Waals surface area (Å²) >= 11 is 7.38. The zero-order valence-corrected chi connectivity index (χ0v) is 25.0. The third-order valence-corrected chi connectivity index (χ3v) is 10.2. The first-order chi connectivity index (χ1) is 19.5. The predicted molar refractivity (Wildman–Crippen MR) is 153 cm³/mol. The maximum absolute atomic E-state index is 13.7. The van der Waals surface area contributed by atoms with Crippen molar-refractivity contribution in [2.45, 2.75) is 50.3 Å². The van der Waals surface area contributed by atoms with Gasteiger partial charge in [0.15, 0.2) is 5.01 Å². The van der Waals surface area contributed by atoms with Crippen LogP contribution in [0.4, 0.5) is 0 Å². The summed E-state index contributed by atoms with van der Waals surface area (Å²) in [6.07, 6.45) is 0.504. The van der Waals surface area contributed by atoms with Crippen molar-refractivity contribution in [1.29, 1.82) is 0 Å². The van der Waals surface area contributed by atoms with Crippen molar-refractivity contribution in [3.8, 4) is 0 Å². The van der Waals surface area contributed by atoms with Crippen molar-refractivity contribution in [2.75, 3.05) is 32.8 Å². The van der Waals surface area contributed by atoms with Gasteiger partial charge < -0.3 is 25.3 Å². The summed E-state index contributed by atoms with van der Waals surface area (Å²) in [7, 11) is -3.99. The summed E-state index contributed by atoms with van der Waals surface area (Å²) in [4.78, 5) is 48.3. The van der Waals surface area contributed by atoms with Gasteiger partial charge in [0.25, 0.3) is 15.9 Å². The molecule has 1 aromatic carbocycles. The first kappa shape index (κ1) is 29.5. The Balaban J connectivity index is 1.38. The third-order valence-electron chi connectivity index (χ3n) is 7.11. The Morgan fingerprint density at radius 3 is 2.83 bits per heavy atom. The summed E-state index contributed by atoms with van der Waals surface area (Å²) < 4.78 is 33.4. The number of H-pyrrole nitrogens is 1. The highest BCUT2D eigenvalue weighted by atomic mass is 35.5. The van der Waals surface area contributed by atoms with Gasteiger partial charge in [-0.25, -0.2) is 13.4 Å². The molecule has 15 heteroatoms. The lowest BCUT2D eigenvalue weighted by molar-refractivity contribution is -0.143. The fourth-order valence-corrected chi connectivity index (χ4v) is 7.70. The number of sulfonamides is 1. The SMILES string of the molecule is CCOC(=O)CNC(=O)CC1CN(S(=O)(=O)c2cc3cc(Cl)ccc3[nH]2)CCN1C(=O)c1nc2c(s1)CNC(C)C2. The van der Waals surface area contributed by atoms with Gasteiger partial charge in [-0.3, -0.25) is 14.4 Å². The zero-order chi connectivity index (χ0) is 29.3. The van der Waals surface area contributed by atoms with Crippen LogP contribution >= 0.6 is 22.9 Å². The number of thiazole rings is 1. The van der Waals surface area contributed by atoms with Gasteiger partial charge in [0.2, 0.25) is 5.91 Å². The number of benzene rings is 1. The summed E-state index contributed by atoms with van der Waals surface area (Å²) in [5.74, 6) is -1.44. The summed E-state index contributed by atoms with van der Waals surface area (Å²) in [6, 6.07) is 6.02. The molecule has 0 bridgehead atoms. The molecule has 4 heterocycles. The van der Waals surface area contributed by atoms with Crippen LogP contribution in [0.2, 0.25) is 5.02 Å². The van der Waals surface area contributed by atoms with E-state index in [0.717, 1.165) is 10.6 Å². The average Bonchev–Trinajstić information content (AvgIpc) is 3.56. The second kappa shape index (κ2) is 12.1. The van der Waals surface area contributed by atoms with E-state index in [-0.39, 0.29) is 56.2 Å². The number of aromatic nitrogens is 2. The number of hydrogen-bond donors (Lipinski definition) is 3. The van der Waals surface area contributed by atoms with E-state index in [1.807, 2.05) is 0 Å². The van der Waals surface area contributed by atoms with Crippen LogP contribution in [0.25, 0.3) is 10.9 Å². The van der Waals surface area contributed by atoms with Crippen LogP contribution < -0.4 is 10.6 Å². The molecule has 3 N–H and O–H groups in total. The largest absolute Gasteiger partial charge is 0.465 e. The van der Waals surface area contributed by atoms with Gasteiger partial charge in [-0.05, 0) is 38.1 Å². The summed E-state index contributed by atoms with van der Waals surface area (Å²) in [5, 5.41) is 7.30. The van der Waals surface area contributed by atoms with Crippen molar-refractivity contribution in [3.63, 3.8) is 0 Å². The van der Waals surface area contributed by atoms with Crippen LogP contribution in [0.15, 0.2) is 29.3 Å². The molecule has 0 spiro atoms. The molecule has 220 valence electrons. The Hall–Kier alpha value is -3.04. The number of carbonyl (C=O) groups is 3. The normalized spacial score (nSPS) is 19.6. The molecular formula is C26H31ClN6O6S2. The van der Waals surface area contributed by atoms with Crippen molar-refractivity contribution in [1.82, 2.24) is 29.8 Å². The minimum atomic E-state index is -3.99. The van der Waals surface area contributed by atoms with Gasteiger partial charge in [0.05, 0.1) is 18.3 Å². The smallest absolute Gasteiger partial charge is 0.325 e. The van der Waals surface area contributed by atoms with E-state index in [4.69, 9.17) is 16.3 Å². The fourth-order valence-electron chi connectivity index (χ4n) is 5.04. The molecule has 1 saturated heterocycles. The summed E-state index contributed by atoms with van der Waals surface area (Å²) in [6.45, 7) is 4.19. The highest BCUT2D eigenvalue weighted by Crippen LogP contribution is 2.29. The number of nitrogens with one attached hydrogen (secondary N) is 3. The highest BCUT2D eigenvalue weighted by Gasteiger charge is 2.39. The number of aromatic amines is 1. The fraction of sp³-hybridized carbons (Fsp3) is 0.462. The Bertz CT molecular complexity index is 1590. The predicted octanol–water partition coefficient (Wildman–Crippen LogP) is 1.90. The second-order valence-electron chi connectivity index (χ2n) is 10.0. The number of fused-ring (bicyclic) bond motifs is 2. The Morgan fingerprint density at radius 1 is 1.24 bits per heavy atom. The molecule has 2 aromatic heterocycles. The lowest BCUT2D eigenvalue weighted by Crippen LogP contribution is -2.57. The number of ether oxygens (including phenoxy) is 1. The van der Waals surface area contributed by atoms with Crippen LogP contribution in [0.5, 0.6) is 0 Å². The third kappa shape index (κ3) is 6.41. The first-order valence-corrected chi connectivity index (χ1v) is 15.9. The molecule has 5 rings (SSSR count). The van der Waals surface area contributed by atoms with E-state index in [1.165, 1.54) is 26.6 Å². The van der Waals surface area contributed by atoms with Crippen molar-refractivity contribution in [3.05, 3.63) is 44.9 Å². The first-order valence-electron chi connectivity index (χ1n) is 13.3. The summed E-state index contributed by atoms with van der Waals surface area (Å²) in [5.41, 5.74) is 1.50. The second-order valence-corrected chi connectivity index (χ2v) is 13.5. The Labute approximate surface area is 246 Å². The minimum Gasteiger partial charge on any atom is -0.465 e. The number of hydrogen-bond acceptors (Lipinski definition) is 9. The molecule has 0 saturated carbocycles. The number of rotatable bonds is 8. The van der Waals surface area contributed by atoms with E-state index in [9.17, 15) is 22.8 Å². The van der Waals surface area contributed by atoms with Crippen LogP contribution in [-0.2, 0) is 37.3 Å². The van der Waals surface area contributed by atoms with Crippen LogP contribution in [0, 0.1) is 0 Å². The number of amides is 2. The minimum absolute atomic E-state index is 0.00530. The number of nitrogens with zero attached hydrogens (tertiary/aromatic N) is 3. The van der Waals surface area contributed by atoms with Crippen molar-refractivity contribution < 1.29 is 27.5 Å². The van der Waals surface area contributed by atoms with Crippen LogP contribution in [0.1, 0.15) is 40.6 Å². The average molecular weight is 623 g/mol.